The zero-order valence-corrected chi connectivity index (χ0v) is 13.7. The minimum Gasteiger partial charge on any atom is -0.496 e. The second kappa shape index (κ2) is 6.85. The van der Waals surface area contributed by atoms with Crippen LogP contribution < -0.4 is 10.1 Å². The Hall–Kier alpha value is -1.69. The van der Waals surface area contributed by atoms with Gasteiger partial charge in [0, 0.05) is 0 Å². The van der Waals surface area contributed by atoms with Gasteiger partial charge in [0.25, 0.3) is 0 Å². The van der Waals surface area contributed by atoms with Crippen molar-refractivity contribution in [3.8, 4) is 5.75 Å². The largest absolute Gasteiger partial charge is 0.496 e. The van der Waals surface area contributed by atoms with Gasteiger partial charge in [-0.05, 0) is 47.0 Å². The Labute approximate surface area is 131 Å². The van der Waals surface area contributed by atoms with Crippen LogP contribution in [0.3, 0.4) is 0 Å². The number of anilines is 1. The third-order valence-corrected chi connectivity index (χ3v) is 3.85. The van der Waals surface area contributed by atoms with Crippen LogP contribution in [-0.4, -0.2) is 17.1 Å². The highest BCUT2D eigenvalue weighted by atomic mass is 79.9. The maximum atomic E-state index is 14.1. The molecule has 1 atom stereocenters. The van der Waals surface area contributed by atoms with Crippen molar-refractivity contribution in [2.75, 3.05) is 12.4 Å². The zero-order chi connectivity index (χ0) is 15.4. The average Bonchev–Trinajstić information content (AvgIpc) is 2.49. The second-order valence-corrected chi connectivity index (χ2v) is 5.45. The third kappa shape index (κ3) is 3.50. The van der Waals surface area contributed by atoms with Crippen LogP contribution in [0.25, 0.3) is 0 Å². The van der Waals surface area contributed by atoms with E-state index in [1.165, 1.54) is 6.33 Å². The molecule has 2 rings (SSSR count). The van der Waals surface area contributed by atoms with Crippen LogP contribution in [0.4, 0.5) is 10.2 Å². The fourth-order valence-electron chi connectivity index (χ4n) is 1.99. The smallest absolute Gasteiger partial charge is 0.186 e. The van der Waals surface area contributed by atoms with Crippen molar-refractivity contribution in [2.24, 2.45) is 0 Å². The summed E-state index contributed by atoms with van der Waals surface area (Å²) in [5.41, 5.74) is 1.41. The van der Waals surface area contributed by atoms with Crippen molar-refractivity contribution in [2.45, 2.75) is 26.3 Å². The van der Waals surface area contributed by atoms with Gasteiger partial charge < -0.3 is 10.1 Å². The molecule has 0 radical (unpaired) electrons. The van der Waals surface area contributed by atoms with Gasteiger partial charge in [-0.1, -0.05) is 13.0 Å². The summed E-state index contributed by atoms with van der Waals surface area (Å²) in [6.45, 7) is 3.81. The fourth-order valence-corrected chi connectivity index (χ4v) is 2.55. The number of hydrogen-bond acceptors (Lipinski definition) is 4. The molecule has 1 heterocycles. The van der Waals surface area contributed by atoms with Crippen LogP contribution in [0.2, 0.25) is 0 Å². The summed E-state index contributed by atoms with van der Waals surface area (Å²) in [6.07, 6.45) is 1.91. The molecule has 2 aromatic rings. The molecule has 1 N–H and O–H groups in total. The number of halogens is 2. The van der Waals surface area contributed by atoms with Gasteiger partial charge in [0.1, 0.15) is 12.1 Å². The minimum atomic E-state index is -0.389. The first-order valence-electron chi connectivity index (χ1n) is 6.66. The van der Waals surface area contributed by atoms with E-state index in [2.05, 4.69) is 31.2 Å². The van der Waals surface area contributed by atoms with Gasteiger partial charge in [0.2, 0.25) is 0 Å². The predicted octanol–water partition coefficient (Wildman–Crippen LogP) is 4.12. The van der Waals surface area contributed by atoms with E-state index in [0.29, 0.717) is 12.1 Å². The first-order chi connectivity index (χ1) is 10.1. The number of aryl methyl sites for hydroxylation is 1. The van der Waals surface area contributed by atoms with E-state index in [9.17, 15) is 4.39 Å². The summed E-state index contributed by atoms with van der Waals surface area (Å²) in [5, 5.41) is 3.08. The Balaban J connectivity index is 2.22. The Morgan fingerprint density at radius 2 is 2.14 bits per heavy atom. The number of ether oxygens (including phenoxy) is 1. The molecular weight excluding hydrogens is 337 g/mol. The molecular formula is C15H17BrFN3O. The molecule has 4 nitrogen and oxygen atoms in total. The monoisotopic (exact) mass is 353 g/mol. The van der Waals surface area contributed by atoms with Crippen LogP contribution in [0.5, 0.6) is 5.75 Å². The minimum absolute atomic E-state index is 0.0960. The van der Waals surface area contributed by atoms with Crippen molar-refractivity contribution in [1.82, 2.24) is 9.97 Å². The highest BCUT2D eigenvalue weighted by Gasteiger charge is 2.14. The van der Waals surface area contributed by atoms with Gasteiger partial charge in [-0.15, -0.1) is 0 Å². The van der Waals surface area contributed by atoms with Crippen molar-refractivity contribution in [1.29, 1.82) is 0 Å². The Morgan fingerprint density at radius 3 is 2.76 bits per heavy atom. The molecule has 0 saturated carbocycles. The zero-order valence-electron chi connectivity index (χ0n) is 12.2. The molecule has 1 unspecified atom stereocenters. The molecule has 0 saturated heterocycles. The molecule has 1 aromatic heterocycles. The van der Waals surface area contributed by atoms with Crippen molar-refractivity contribution < 1.29 is 9.13 Å². The van der Waals surface area contributed by atoms with Gasteiger partial charge in [-0.2, -0.15) is 0 Å². The lowest BCUT2D eigenvalue weighted by Crippen LogP contribution is -2.11. The lowest BCUT2D eigenvalue weighted by molar-refractivity contribution is 0.412. The summed E-state index contributed by atoms with van der Waals surface area (Å²) >= 11 is 3.45. The molecule has 21 heavy (non-hydrogen) atoms. The lowest BCUT2D eigenvalue weighted by Gasteiger charge is -2.17. The Bertz CT molecular complexity index is 636. The summed E-state index contributed by atoms with van der Waals surface area (Å²) in [7, 11) is 1.62. The summed E-state index contributed by atoms with van der Waals surface area (Å²) in [4.78, 5) is 7.90. The molecule has 0 fully saturated rings. The predicted molar refractivity (Wildman–Crippen MR) is 84.1 cm³/mol. The molecule has 1 aromatic carbocycles. The molecule has 0 spiro atoms. The van der Waals surface area contributed by atoms with Crippen LogP contribution in [0.15, 0.2) is 29.0 Å². The topological polar surface area (TPSA) is 47.0 Å². The average molecular weight is 354 g/mol. The molecule has 0 aliphatic carbocycles. The van der Waals surface area contributed by atoms with Gasteiger partial charge in [-0.25, -0.2) is 14.4 Å². The van der Waals surface area contributed by atoms with E-state index in [-0.39, 0.29) is 17.7 Å². The number of methoxy groups -OCH3 is 1. The van der Waals surface area contributed by atoms with E-state index in [1.54, 1.807) is 7.11 Å². The number of aromatic nitrogens is 2. The highest BCUT2D eigenvalue weighted by molar-refractivity contribution is 9.10. The van der Waals surface area contributed by atoms with Crippen molar-refractivity contribution in [3.63, 3.8) is 0 Å². The molecule has 0 aliphatic rings. The van der Waals surface area contributed by atoms with Gasteiger partial charge >= 0.3 is 0 Å². The van der Waals surface area contributed by atoms with E-state index < -0.39 is 0 Å². The molecule has 0 aliphatic heterocycles. The quantitative estimate of drug-likeness (QED) is 0.877. The number of nitrogens with one attached hydrogen (secondary N) is 1. The highest BCUT2D eigenvalue weighted by Crippen LogP contribution is 2.29. The number of nitrogens with zero attached hydrogens (tertiary/aromatic N) is 2. The molecule has 0 amide bonds. The van der Waals surface area contributed by atoms with E-state index in [4.69, 9.17) is 4.74 Å². The first-order valence-corrected chi connectivity index (χ1v) is 7.45. The fraction of sp³-hybridized carbons (Fsp3) is 0.333. The third-order valence-electron chi connectivity index (χ3n) is 3.23. The van der Waals surface area contributed by atoms with Crippen molar-refractivity contribution in [3.05, 3.63) is 46.1 Å². The van der Waals surface area contributed by atoms with Gasteiger partial charge in [0.05, 0.1) is 23.3 Å². The van der Waals surface area contributed by atoms with Crippen LogP contribution in [-0.2, 0) is 6.42 Å². The Morgan fingerprint density at radius 1 is 1.38 bits per heavy atom. The van der Waals surface area contributed by atoms with Crippen LogP contribution in [0, 0.1) is 5.82 Å². The maximum absolute atomic E-state index is 14.1. The van der Waals surface area contributed by atoms with Gasteiger partial charge in [-0.3, -0.25) is 0 Å². The standard InChI is InChI=1S/C15H17BrFN3O/c1-4-12-14(17)15(19-8-18-12)20-9(2)10-5-6-13(21-3)11(16)7-10/h5-9H,4H2,1-3H3,(H,18,19,20). The maximum Gasteiger partial charge on any atom is 0.186 e. The molecule has 112 valence electrons. The molecule has 0 bridgehead atoms. The van der Waals surface area contributed by atoms with E-state index >= 15 is 0 Å². The summed E-state index contributed by atoms with van der Waals surface area (Å²) in [6, 6.07) is 5.64. The SMILES string of the molecule is CCc1ncnc(NC(C)c2ccc(OC)c(Br)c2)c1F. The van der Waals surface area contributed by atoms with Gasteiger partial charge in [0.15, 0.2) is 11.6 Å². The first kappa shape index (κ1) is 15.7. The lowest BCUT2D eigenvalue weighted by atomic mass is 10.1. The normalized spacial score (nSPS) is 12.0. The van der Waals surface area contributed by atoms with E-state index in [1.807, 2.05) is 32.0 Å². The second-order valence-electron chi connectivity index (χ2n) is 4.60. The summed E-state index contributed by atoms with van der Waals surface area (Å²) in [5.74, 6) is 0.591. The van der Waals surface area contributed by atoms with Crippen molar-refractivity contribution >= 4 is 21.7 Å². The number of rotatable bonds is 5. The summed E-state index contributed by atoms with van der Waals surface area (Å²) < 4.78 is 20.2. The Kier molecular flexibility index (Phi) is 5.12. The molecule has 6 heteroatoms. The number of benzene rings is 1. The van der Waals surface area contributed by atoms with Crippen LogP contribution in [0.1, 0.15) is 31.1 Å². The van der Waals surface area contributed by atoms with E-state index in [0.717, 1.165) is 15.8 Å². The van der Waals surface area contributed by atoms with Crippen LogP contribution >= 0.6 is 15.9 Å². The number of hydrogen-bond donors (Lipinski definition) is 1.